The molecular formula is C20H21N3OS. The summed E-state index contributed by atoms with van der Waals surface area (Å²) in [5.41, 5.74) is 2.96. The number of benzene rings is 1. The van der Waals surface area contributed by atoms with Gasteiger partial charge in [-0.05, 0) is 30.4 Å². The van der Waals surface area contributed by atoms with E-state index in [1.54, 1.807) is 0 Å². The van der Waals surface area contributed by atoms with E-state index in [4.69, 9.17) is 9.72 Å². The molecule has 0 radical (unpaired) electrons. The summed E-state index contributed by atoms with van der Waals surface area (Å²) < 4.78 is 8.04. The minimum absolute atomic E-state index is 0.720. The summed E-state index contributed by atoms with van der Waals surface area (Å²) in [6, 6.07) is 14.2. The zero-order valence-electron chi connectivity index (χ0n) is 14.0. The highest BCUT2D eigenvalue weighted by molar-refractivity contribution is 8.02. The van der Waals surface area contributed by atoms with E-state index in [0.717, 1.165) is 54.5 Å². The predicted octanol–water partition coefficient (Wildman–Crippen LogP) is 4.64. The van der Waals surface area contributed by atoms with Crippen LogP contribution in [-0.4, -0.2) is 33.3 Å². The zero-order chi connectivity index (χ0) is 16.9. The number of hydrogen-bond donors (Lipinski definition) is 0. The van der Waals surface area contributed by atoms with Gasteiger partial charge in [0.25, 0.3) is 0 Å². The largest absolute Gasteiger partial charge is 0.490 e. The van der Waals surface area contributed by atoms with Gasteiger partial charge in [-0.3, -0.25) is 0 Å². The van der Waals surface area contributed by atoms with E-state index in [0.29, 0.717) is 0 Å². The number of hydrogen-bond acceptors (Lipinski definition) is 4. The lowest BCUT2D eigenvalue weighted by Crippen LogP contribution is -2.15. The molecule has 3 heterocycles. The van der Waals surface area contributed by atoms with Crippen LogP contribution in [0.2, 0.25) is 0 Å². The van der Waals surface area contributed by atoms with Gasteiger partial charge in [0.2, 0.25) is 0 Å². The van der Waals surface area contributed by atoms with Crippen molar-refractivity contribution in [3.05, 3.63) is 66.5 Å². The first-order valence-electron chi connectivity index (χ1n) is 8.58. The Bertz CT molecular complexity index is 860. The highest BCUT2D eigenvalue weighted by atomic mass is 32.2. The fourth-order valence-corrected chi connectivity index (χ4v) is 3.65. The number of aromatic nitrogens is 2. The molecule has 5 heteroatoms. The molecule has 0 amide bonds. The minimum Gasteiger partial charge on any atom is -0.490 e. The number of nitrogens with zero attached hydrogens (tertiary/aromatic N) is 3. The summed E-state index contributed by atoms with van der Waals surface area (Å²) >= 11 is 1.85. The van der Waals surface area contributed by atoms with Crippen molar-refractivity contribution in [2.75, 3.05) is 19.0 Å². The molecule has 1 aliphatic rings. The number of imidazole rings is 1. The molecule has 1 aromatic carbocycles. The van der Waals surface area contributed by atoms with Gasteiger partial charge in [-0.1, -0.05) is 30.3 Å². The summed E-state index contributed by atoms with van der Waals surface area (Å²) in [5.74, 6) is 1.93. The maximum atomic E-state index is 6.01. The van der Waals surface area contributed by atoms with Crippen molar-refractivity contribution >= 4 is 17.4 Å². The van der Waals surface area contributed by atoms with E-state index in [1.165, 1.54) is 0 Å². The standard InChI is InChI=1S/C20H21N3OS/c1-2-7-17(8-3-1)18-15-23-11-6-9-19(20(23)21-18)24-13-5-4-10-22-12-14-25-16-22/h1-3,6-9,11-12,14-15H,4-5,10,13,16H2. The van der Waals surface area contributed by atoms with Crippen molar-refractivity contribution in [2.24, 2.45) is 0 Å². The lowest BCUT2D eigenvalue weighted by atomic mass is 10.2. The molecule has 0 fully saturated rings. The summed E-state index contributed by atoms with van der Waals surface area (Å²) in [7, 11) is 0. The third kappa shape index (κ3) is 3.82. The van der Waals surface area contributed by atoms with Crippen molar-refractivity contribution < 1.29 is 4.74 Å². The Labute approximate surface area is 152 Å². The molecule has 0 atom stereocenters. The van der Waals surface area contributed by atoms with Gasteiger partial charge in [0.1, 0.15) is 0 Å². The maximum Gasteiger partial charge on any atom is 0.180 e. The Kier molecular flexibility index (Phi) is 4.93. The molecule has 25 heavy (non-hydrogen) atoms. The second-order valence-electron chi connectivity index (χ2n) is 6.04. The molecule has 0 unspecified atom stereocenters. The lowest BCUT2D eigenvalue weighted by molar-refractivity contribution is 0.298. The predicted molar refractivity (Wildman–Crippen MR) is 104 cm³/mol. The van der Waals surface area contributed by atoms with Crippen LogP contribution >= 0.6 is 11.8 Å². The van der Waals surface area contributed by atoms with Gasteiger partial charge >= 0.3 is 0 Å². The summed E-state index contributed by atoms with van der Waals surface area (Å²) in [6.07, 6.45) is 8.41. The van der Waals surface area contributed by atoms with Crippen LogP contribution in [0.3, 0.4) is 0 Å². The lowest BCUT2D eigenvalue weighted by Gasteiger charge is -2.14. The van der Waals surface area contributed by atoms with Crippen molar-refractivity contribution in [3.63, 3.8) is 0 Å². The smallest absolute Gasteiger partial charge is 0.180 e. The normalized spacial score (nSPS) is 13.7. The Morgan fingerprint density at radius 1 is 1.08 bits per heavy atom. The number of fused-ring (bicyclic) bond motifs is 1. The molecule has 0 spiro atoms. The van der Waals surface area contributed by atoms with Crippen LogP contribution < -0.4 is 4.74 Å². The summed E-state index contributed by atoms with van der Waals surface area (Å²) in [4.78, 5) is 7.10. The highest BCUT2D eigenvalue weighted by Gasteiger charge is 2.09. The quantitative estimate of drug-likeness (QED) is 0.580. The van der Waals surface area contributed by atoms with Gasteiger partial charge in [-0.2, -0.15) is 0 Å². The Morgan fingerprint density at radius 3 is 2.84 bits per heavy atom. The average Bonchev–Trinajstić information content (AvgIpc) is 3.32. The van der Waals surface area contributed by atoms with Crippen molar-refractivity contribution in [1.29, 1.82) is 0 Å². The first-order valence-corrected chi connectivity index (χ1v) is 9.63. The van der Waals surface area contributed by atoms with Crippen molar-refractivity contribution in [1.82, 2.24) is 14.3 Å². The van der Waals surface area contributed by atoms with E-state index in [-0.39, 0.29) is 0 Å². The zero-order valence-corrected chi connectivity index (χ0v) is 14.9. The van der Waals surface area contributed by atoms with E-state index in [2.05, 4.69) is 34.8 Å². The monoisotopic (exact) mass is 351 g/mol. The fourth-order valence-electron chi connectivity index (χ4n) is 2.90. The topological polar surface area (TPSA) is 29.8 Å². The number of rotatable bonds is 7. The second-order valence-corrected chi connectivity index (χ2v) is 6.91. The van der Waals surface area contributed by atoms with Gasteiger partial charge in [-0.15, -0.1) is 11.8 Å². The molecule has 4 rings (SSSR count). The van der Waals surface area contributed by atoms with E-state index < -0.39 is 0 Å². The van der Waals surface area contributed by atoms with Crippen LogP contribution in [0.4, 0.5) is 0 Å². The Hall–Kier alpha value is -2.40. The first-order chi connectivity index (χ1) is 12.4. The van der Waals surface area contributed by atoms with Crippen LogP contribution in [0.15, 0.2) is 66.5 Å². The number of unbranched alkanes of at least 4 members (excludes halogenated alkanes) is 1. The molecule has 0 bridgehead atoms. The number of ether oxygens (including phenoxy) is 1. The van der Waals surface area contributed by atoms with Gasteiger partial charge < -0.3 is 14.0 Å². The highest BCUT2D eigenvalue weighted by Crippen LogP contribution is 2.24. The van der Waals surface area contributed by atoms with E-state index in [9.17, 15) is 0 Å². The summed E-state index contributed by atoms with van der Waals surface area (Å²) in [5, 5.41) is 2.15. The van der Waals surface area contributed by atoms with Crippen LogP contribution in [-0.2, 0) is 0 Å². The fraction of sp³-hybridized carbons (Fsp3) is 0.250. The molecule has 0 saturated heterocycles. The molecule has 2 aromatic heterocycles. The van der Waals surface area contributed by atoms with Crippen molar-refractivity contribution in [3.8, 4) is 17.0 Å². The van der Waals surface area contributed by atoms with E-state index >= 15 is 0 Å². The first kappa shape index (κ1) is 16.1. The van der Waals surface area contributed by atoms with Crippen LogP contribution in [0.1, 0.15) is 12.8 Å². The number of pyridine rings is 1. The number of thioether (sulfide) groups is 1. The van der Waals surface area contributed by atoms with Crippen LogP contribution in [0.5, 0.6) is 5.75 Å². The molecule has 4 nitrogen and oxygen atoms in total. The molecule has 3 aromatic rings. The third-order valence-electron chi connectivity index (χ3n) is 4.22. The Balaban J connectivity index is 1.39. The van der Waals surface area contributed by atoms with Crippen molar-refractivity contribution in [2.45, 2.75) is 12.8 Å². The van der Waals surface area contributed by atoms with Gasteiger partial charge in [-0.25, -0.2) is 4.98 Å². The SMILES string of the molecule is C1=CN(CCCCOc2cccn3cc(-c4ccccc4)nc23)CS1. The molecule has 1 aliphatic heterocycles. The Morgan fingerprint density at radius 2 is 2.00 bits per heavy atom. The maximum absolute atomic E-state index is 6.01. The third-order valence-corrected chi connectivity index (χ3v) is 5.02. The van der Waals surface area contributed by atoms with Gasteiger partial charge in [0, 0.05) is 30.7 Å². The molecule has 0 saturated carbocycles. The van der Waals surface area contributed by atoms with Crippen LogP contribution in [0.25, 0.3) is 16.9 Å². The minimum atomic E-state index is 0.720. The average molecular weight is 351 g/mol. The second kappa shape index (κ2) is 7.66. The van der Waals surface area contributed by atoms with E-state index in [1.807, 2.05) is 52.7 Å². The molecule has 0 aliphatic carbocycles. The van der Waals surface area contributed by atoms with Crippen LogP contribution in [0, 0.1) is 0 Å². The molecular weight excluding hydrogens is 330 g/mol. The van der Waals surface area contributed by atoms with Gasteiger partial charge in [0.05, 0.1) is 18.2 Å². The summed E-state index contributed by atoms with van der Waals surface area (Å²) in [6.45, 7) is 1.82. The van der Waals surface area contributed by atoms with Gasteiger partial charge in [0.15, 0.2) is 11.4 Å². The molecule has 0 N–H and O–H groups in total. The molecule has 128 valence electrons.